The Bertz CT molecular complexity index is 2080. The minimum Gasteiger partial charge on any atom is -0.497 e. The second-order valence-electron chi connectivity index (χ2n) is 18.0. The van der Waals surface area contributed by atoms with E-state index in [1.165, 1.54) is 0 Å². The molecule has 4 heterocycles. The van der Waals surface area contributed by atoms with Crippen molar-refractivity contribution in [3.63, 3.8) is 0 Å². The molecule has 1 spiro atoms. The van der Waals surface area contributed by atoms with Crippen LogP contribution in [-0.4, -0.2) is 78.0 Å². The molecule has 3 fully saturated rings. The molecule has 12 nitrogen and oxygen atoms in total. The number of carbonyl (C=O) groups excluding carboxylic acids is 4. The minimum atomic E-state index is -3.94. The van der Waals surface area contributed by atoms with Gasteiger partial charge in [-0.25, -0.2) is 13.4 Å². The van der Waals surface area contributed by atoms with E-state index in [1.807, 2.05) is 58.0 Å². The molecule has 0 radical (unpaired) electrons. The summed E-state index contributed by atoms with van der Waals surface area (Å²) in [5.74, 6) is -1.25. The van der Waals surface area contributed by atoms with Crippen molar-refractivity contribution in [3.8, 4) is 11.5 Å². The third-order valence-corrected chi connectivity index (χ3v) is 15.7. The summed E-state index contributed by atoms with van der Waals surface area (Å²) in [6, 6.07) is 4.85. The number of ether oxygens (including phenoxy) is 3. The fourth-order valence-electron chi connectivity index (χ4n) is 9.01. The van der Waals surface area contributed by atoms with Gasteiger partial charge in [0.15, 0.2) is 5.78 Å². The molecule has 0 unspecified atom stereocenters. The molecule has 6 atom stereocenters. The summed E-state index contributed by atoms with van der Waals surface area (Å²) < 4.78 is 46.3. The Kier molecular flexibility index (Phi) is 11.3. The number of Topliss-reactive ketones (excluding diaryl/α,β-unsaturated/α-hetero) is 1. The number of fused-ring (bicyclic) bond motifs is 5. The Labute approximate surface area is 336 Å². The van der Waals surface area contributed by atoms with Crippen molar-refractivity contribution in [2.45, 2.75) is 147 Å². The quantitative estimate of drug-likeness (QED) is 0.218. The van der Waals surface area contributed by atoms with Gasteiger partial charge < -0.3 is 19.1 Å². The smallest absolute Gasteiger partial charge is 0.306 e. The first-order valence-corrected chi connectivity index (χ1v) is 22.5. The van der Waals surface area contributed by atoms with Gasteiger partial charge in [-0.05, 0) is 102 Å². The maximum Gasteiger partial charge on any atom is 0.306 e. The van der Waals surface area contributed by atoms with Crippen molar-refractivity contribution in [2.24, 2.45) is 23.2 Å². The number of aromatic nitrogens is 1. The summed E-state index contributed by atoms with van der Waals surface area (Å²) in [7, 11) is -2.32. The number of amides is 2. The molecule has 3 aliphatic heterocycles. The van der Waals surface area contributed by atoms with E-state index < -0.39 is 49.6 Å². The summed E-state index contributed by atoms with van der Waals surface area (Å²) in [4.78, 5) is 63.8. The zero-order valence-electron chi connectivity index (χ0n) is 34.4. The molecular weight excluding hydrogens is 747 g/mol. The molecule has 13 heteroatoms. The van der Waals surface area contributed by atoms with Crippen molar-refractivity contribution < 1.29 is 41.8 Å². The third kappa shape index (κ3) is 8.06. The predicted octanol–water partition coefficient (Wildman–Crippen LogP) is 6.55. The molecule has 2 amide bonds. The van der Waals surface area contributed by atoms with Gasteiger partial charge in [-0.1, -0.05) is 45.8 Å². The van der Waals surface area contributed by atoms with E-state index in [-0.39, 0.29) is 55.4 Å². The highest BCUT2D eigenvalue weighted by atomic mass is 32.2. The fourth-order valence-corrected chi connectivity index (χ4v) is 10.3. The van der Waals surface area contributed by atoms with E-state index in [2.05, 4.69) is 4.72 Å². The van der Waals surface area contributed by atoms with Crippen molar-refractivity contribution in [2.75, 3.05) is 13.7 Å². The van der Waals surface area contributed by atoms with E-state index in [1.54, 1.807) is 18.9 Å². The lowest BCUT2D eigenvalue weighted by Crippen LogP contribution is -2.48. The number of hydrogen-bond donors (Lipinski definition) is 1. The monoisotopic (exact) mass is 805 g/mol. The standard InChI is InChI=1S/C44H59N3O9S/c1-7-34-39-32(33-22-31(54-6)15-16-35(33)45-34)17-18-43(56-39)24-36-37(48)25-44(41(51)46-57(52,53)42(5)19-20-42)23-30(44)14-12-10-8-9-11-13-29(40(50)47(36)26-43)21-38(49)55-28(4)27(2)3/h12,14-16,22,27-30,36H,7-11,13,17-21,23-26H2,1-6H3,(H,46,51)/b14-12-/t28-,29+,30+,36-,43+,44+/m0/s1. The number of sulfonamides is 1. The van der Waals surface area contributed by atoms with E-state index >= 15 is 0 Å². The zero-order valence-corrected chi connectivity index (χ0v) is 35.2. The second-order valence-corrected chi connectivity index (χ2v) is 20.2. The average Bonchev–Trinajstić information content (AvgIpc) is 4.07. The van der Waals surface area contributed by atoms with Crippen LogP contribution in [0.25, 0.3) is 10.9 Å². The number of carbonyl (C=O) groups is 4. The SMILES string of the molecule is CCc1nc2ccc(OC)cc2c2c1O[C@]1(CC2)C[C@H]2C(=O)C[C@]3(C(=O)NS(=O)(=O)C4(C)CC4)C[C@H]3/C=C\CCCCC[C@H](CC(=O)O[C@@H](C)C(C)C)C(=O)N2C1. The Morgan fingerprint density at radius 2 is 1.86 bits per heavy atom. The Balaban J connectivity index is 1.24. The van der Waals surface area contributed by atoms with Crippen molar-refractivity contribution >= 4 is 44.5 Å². The van der Waals surface area contributed by atoms with Gasteiger partial charge in [0.2, 0.25) is 21.8 Å². The van der Waals surface area contributed by atoms with Crippen LogP contribution in [0.1, 0.15) is 123 Å². The number of allylic oxidation sites excluding steroid dienone is 2. The lowest BCUT2D eigenvalue weighted by atomic mass is 9.85. The number of hydrogen-bond acceptors (Lipinski definition) is 10. The molecule has 1 saturated heterocycles. The van der Waals surface area contributed by atoms with E-state index in [0.29, 0.717) is 62.9 Å². The van der Waals surface area contributed by atoms with Crippen LogP contribution < -0.4 is 14.2 Å². The number of ketones is 1. The van der Waals surface area contributed by atoms with Gasteiger partial charge in [-0.15, -0.1) is 0 Å². The lowest BCUT2D eigenvalue weighted by Gasteiger charge is -2.37. The first-order chi connectivity index (χ1) is 27.0. The van der Waals surface area contributed by atoms with Gasteiger partial charge in [-0.3, -0.25) is 23.9 Å². The number of nitrogens with one attached hydrogen (secondary N) is 1. The summed E-state index contributed by atoms with van der Waals surface area (Å²) >= 11 is 0. The van der Waals surface area contributed by atoms with Crippen LogP contribution in [0, 0.1) is 23.2 Å². The van der Waals surface area contributed by atoms with E-state index in [9.17, 15) is 27.6 Å². The summed E-state index contributed by atoms with van der Waals surface area (Å²) in [6.07, 6.45) is 10.2. The summed E-state index contributed by atoms with van der Waals surface area (Å²) in [5, 5.41) is 0.932. The zero-order chi connectivity index (χ0) is 40.9. The summed E-state index contributed by atoms with van der Waals surface area (Å²) in [5.41, 5.74) is 0.469. The van der Waals surface area contributed by atoms with Gasteiger partial charge >= 0.3 is 5.97 Å². The highest BCUT2D eigenvalue weighted by Crippen LogP contribution is 2.58. The lowest BCUT2D eigenvalue weighted by molar-refractivity contribution is -0.155. The van der Waals surface area contributed by atoms with Crippen LogP contribution in [0.2, 0.25) is 0 Å². The number of rotatable bonds is 9. The minimum absolute atomic E-state index is 0.104. The predicted molar refractivity (Wildman–Crippen MR) is 215 cm³/mol. The molecule has 2 aliphatic carbocycles. The van der Waals surface area contributed by atoms with Gasteiger partial charge in [-0.2, -0.15) is 0 Å². The van der Waals surface area contributed by atoms with Crippen LogP contribution in [0.15, 0.2) is 30.4 Å². The molecule has 0 bridgehead atoms. The largest absolute Gasteiger partial charge is 0.497 e. The molecule has 2 aromatic rings. The van der Waals surface area contributed by atoms with Crippen molar-refractivity contribution in [3.05, 3.63) is 41.6 Å². The molecule has 5 aliphatic rings. The molecule has 310 valence electrons. The number of methoxy groups -OCH3 is 1. The molecule has 1 aromatic heterocycles. The summed E-state index contributed by atoms with van der Waals surface area (Å²) in [6.45, 7) is 9.57. The first-order valence-electron chi connectivity index (χ1n) is 21.0. The maximum absolute atomic E-state index is 14.9. The topological polar surface area (TPSA) is 158 Å². The second kappa shape index (κ2) is 15.6. The molecule has 1 N–H and O–H groups in total. The number of esters is 1. The number of nitrogens with zero attached hydrogens (tertiary/aromatic N) is 2. The average molecular weight is 806 g/mol. The normalized spacial score (nSPS) is 29.6. The Hall–Kier alpha value is -4.00. The highest BCUT2D eigenvalue weighted by molar-refractivity contribution is 7.91. The van der Waals surface area contributed by atoms with Gasteiger partial charge in [0.25, 0.3) is 0 Å². The molecular formula is C44H59N3O9S. The number of benzene rings is 1. The van der Waals surface area contributed by atoms with Crippen molar-refractivity contribution in [1.82, 2.24) is 14.6 Å². The van der Waals surface area contributed by atoms with Crippen LogP contribution in [0.5, 0.6) is 11.5 Å². The highest BCUT2D eigenvalue weighted by Gasteiger charge is 2.63. The Morgan fingerprint density at radius 1 is 1.09 bits per heavy atom. The fraction of sp³-hybridized carbons (Fsp3) is 0.659. The maximum atomic E-state index is 14.9. The van der Waals surface area contributed by atoms with Crippen LogP contribution in [0.4, 0.5) is 0 Å². The van der Waals surface area contributed by atoms with E-state index in [4.69, 9.17) is 19.2 Å². The first kappa shape index (κ1) is 41.2. The van der Waals surface area contributed by atoms with Gasteiger partial charge in [0, 0.05) is 29.7 Å². The van der Waals surface area contributed by atoms with Gasteiger partial charge in [0.05, 0.1) is 47.5 Å². The van der Waals surface area contributed by atoms with E-state index in [0.717, 1.165) is 41.4 Å². The molecule has 2 saturated carbocycles. The third-order valence-electron chi connectivity index (χ3n) is 13.6. The van der Waals surface area contributed by atoms with Crippen molar-refractivity contribution in [1.29, 1.82) is 0 Å². The van der Waals surface area contributed by atoms with Crippen LogP contribution >= 0.6 is 0 Å². The molecule has 1 aromatic carbocycles. The molecule has 57 heavy (non-hydrogen) atoms. The Morgan fingerprint density at radius 3 is 2.56 bits per heavy atom. The molecule has 7 rings (SSSR count). The number of aryl methyl sites for hydroxylation is 2. The van der Waals surface area contributed by atoms with Crippen LogP contribution in [0.3, 0.4) is 0 Å². The number of pyridine rings is 1. The van der Waals surface area contributed by atoms with Crippen LogP contribution in [-0.2, 0) is 46.8 Å². The van der Waals surface area contributed by atoms with Gasteiger partial charge in [0.1, 0.15) is 23.2 Å².